The first-order valence-corrected chi connectivity index (χ1v) is 11.3. The van der Waals surface area contributed by atoms with E-state index in [1.165, 1.54) is 17.0 Å². The zero-order valence-electron chi connectivity index (χ0n) is 19.1. The third-order valence-electron chi connectivity index (χ3n) is 5.84. The Hall–Kier alpha value is -4.86. The van der Waals surface area contributed by atoms with Gasteiger partial charge in [0, 0.05) is 29.9 Å². The SMILES string of the molecule is O=C(OCC(=O)N1CCCc2cc([N+](=O)[O-])ccc21)c1nc(-c2ccccc2)n(-c2ccccc2)n1. The van der Waals surface area contributed by atoms with Crippen molar-refractivity contribution in [2.45, 2.75) is 12.8 Å². The number of rotatable bonds is 6. The fourth-order valence-electron chi connectivity index (χ4n) is 4.15. The second-order valence-corrected chi connectivity index (χ2v) is 8.17. The van der Waals surface area contributed by atoms with E-state index in [4.69, 9.17) is 4.74 Å². The number of esters is 1. The van der Waals surface area contributed by atoms with Gasteiger partial charge in [0.1, 0.15) is 0 Å². The summed E-state index contributed by atoms with van der Waals surface area (Å²) >= 11 is 0. The molecule has 0 saturated heterocycles. The molecule has 0 bridgehead atoms. The number of nitrogens with zero attached hydrogens (tertiary/aromatic N) is 5. The highest BCUT2D eigenvalue weighted by Crippen LogP contribution is 2.30. The Morgan fingerprint density at radius 3 is 2.44 bits per heavy atom. The fraction of sp³-hybridized carbons (Fsp3) is 0.154. The summed E-state index contributed by atoms with van der Waals surface area (Å²) in [6, 6.07) is 23.0. The first-order valence-electron chi connectivity index (χ1n) is 11.3. The maximum absolute atomic E-state index is 12.9. The summed E-state index contributed by atoms with van der Waals surface area (Å²) in [5.74, 6) is -0.952. The lowest BCUT2D eigenvalue weighted by Crippen LogP contribution is -2.38. The van der Waals surface area contributed by atoms with Gasteiger partial charge < -0.3 is 9.64 Å². The Bertz CT molecular complexity index is 1380. The Morgan fingerprint density at radius 1 is 1.00 bits per heavy atom. The van der Waals surface area contributed by atoms with Crippen molar-refractivity contribution in [3.8, 4) is 17.1 Å². The predicted molar refractivity (Wildman–Crippen MR) is 131 cm³/mol. The van der Waals surface area contributed by atoms with Crippen LogP contribution in [-0.2, 0) is 16.0 Å². The van der Waals surface area contributed by atoms with E-state index in [0.717, 1.165) is 11.3 Å². The molecule has 10 nitrogen and oxygen atoms in total. The van der Waals surface area contributed by atoms with Crippen molar-refractivity contribution in [3.05, 3.63) is 100 Å². The number of para-hydroxylation sites is 1. The average Bonchev–Trinajstić information content (AvgIpc) is 3.37. The number of benzene rings is 3. The Balaban J connectivity index is 1.35. The number of carbonyl (C=O) groups excluding carboxylic acids is 2. The number of non-ortho nitro benzene ring substituents is 1. The molecule has 2 heterocycles. The first kappa shape index (κ1) is 22.9. The third kappa shape index (κ3) is 4.56. The number of nitro groups is 1. The Labute approximate surface area is 205 Å². The van der Waals surface area contributed by atoms with Gasteiger partial charge in [-0.1, -0.05) is 48.5 Å². The molecule has 5 rings (SSSR count). The zero-order valence-corrected chi connectivity index (χ0v) is 19.1. The molecule has 0 radical (unpaired) electrons. The molecule has 0 atom stereocenters. The van der Waals surface area contributed by atoms with E-state index in [1.807, 2.05) is 60.7 Å². The molecule has 1 amide bonds. The minimum atomic E-state index is -0.823. The molecule has 36 heavy (non-hydrogen) atoms. The van der Waals surface area contributed by atoms with Crippen molar-refractivity contribution in [1.82, 2.24) is 14.8 Å². The molecule has 3 aromatic carbocycles. The minimum Gasteiger partial charge on any atom is -0.450 e. The predicted octanol–water partition coefficient (Wildman–Crippen LogP) is 3.98. The number of carbonyl (C=O) groups is 2. The van der Waals surface area contributed by atoms with Gasteiger partial charge in [-0.2, -0.15) is 0 Å². The fourth-order valence-corrected chi connectivity index (χ4v) is 4.15. The highest BCUT2D eigenvalue weighted by Gasteiger charge is 2.26. The van der Waals surface area contributed by atoms with E-state index in [0.29, 0.717) is 36.5 Å². The standard InChI is InChI=1S/C26H21N5O5/c32-23(29-15-7-10-19-16-21(31(34)35)13-14-22(19)29)17-36-26(33)24-27-25(18-8-3-1-4-9-18)30(28-24)20-11-5-2-6-12-20/h1-6,8-9,11-14,16H,7,10,15,17H2. The molecule has 0 aliphatic carbocycles. The molecule has 0 fully saturated rings. The van der Waals surface area contributed by atoms with Crippen molar-refractivity contribution in [3.63, 3.8) is 0 Å². The van der Waals surface area contributed by atoms with Crippen LogP contribution in [0.1, 0.15) is 22.6 Å². The van der Waals surface area contributed by atoms with Gasteiger partial charge in [0.2, 0.25) is 0 Å². The smallest absolute Gasteiger partial charge is 0.378 e. The van der Waals surface area contributed by atoms with Crippen molar-refractivity contribution >= 4 is 23.3 Å². The van der Waals surface area contributed by atoms with Gasteiger partial charge in [0.05, 0.1) is 10.6 Å². The van der Waals surface area contributed by atoms with Crippen LogP contribution in [0.25, 0.3) is 17.1 Å². The quantitative estimate of drug-likeness (QED) is 0.231. The monoisotopic (exact) mass is 483 g/mol. The number of amides is 1. The van der Waals surface area contributed by atoms with E-state index < -0.39 is 23.4 Å². The summed E-state index contributed by atoms with van der Waals surface area (Å²) in [4.78, 5) is 42.2. The van der Waals surface area contributed by atoms with Crippen LogP contribution in [0.2, 0.25) is 0 Å². The van der Waals surface area contributed by atoms with Crippen LogP contribution in [0.5, 0.6) is 0 Å². The van der Waals surface area contributed by atoms with E-state index in [2.05, 4.69) is 10.1 Å². The average molecular weight is 483 g/mol. The highest BCUT2D eigenvalue weighted by molar-refractivity contribution is 5.97. The van der Waals surface area contributed by atoms with Crippen LogP contribution in [0.4, 0.5) is 11.4 Å². The normalized spacial score (nSPS) is 12.6. The maximum atomic E-state index is 12.9. The molecule has 0 N–H and O–H groups in total. The molecule has 0 unspecified atom stereocenters. The molecular weight excluding hydrogens is 462 g/mol. The molecule has 180 valence electrons. The van der Waals surface area contributed by atoms with Crippen LogP contribution < -0.4 is 4.90 Å². The van der Waals surface area contributed by atoms with Gasteiger partial charge in [0.15, 0.2) is 12.4 Å². The molecule has 1 aliphatic rings. The number of anilines is 1. The minimum absolute atomic E-state index is 0.0243. The molecule has 4 aromatic rings. The van der Waals surface area contributed by atoms with Crippen LogP contribution in [0.15, 0.2) is 78.9 Å². The largest absolute Gasteiger partial charge is 0.450 e. The summed E-state index contributed by atoms with van der Waals surface area (Å²) < 4.78 is 6.84. The van der Waals surface area contributed by atoms with Gasteiger partial charge in [-0.25, -0.2) is 14.5 Å². The third-order valence-corrected chi connectivity index (χ3v) is 5.84. The second-order valence-electron chi connectivity index (χ2n) is 8.17. The molecule has 0 saturated carbocycles. The Kier molecular flexibility index (Phi) is 6.23. The number of fused-ring (bicyclic) bond motifs is 1. The van der Waals surface area contributed by atoms with E-state index >= 15 is 0 Å². The Morgan fingerprint density at radius 2 is 1.72 bits per heavy atom. The van der Waals surface area contributed by atoms with Gasteiger partial charge >= 0.3 is 5.97 Å². The van der Waals surface area contributed by atoms with Crippen molar-refractivity contribution < 1.29 is 19.2 Å². The molecular formula is C26H21N5O5. The topological polar surface area (TPSA) is 120 Å². The highest BCUT2D eigenvalue weighted by atomic mass is 16.6. The van der Waals surface area contributed by atoms with Gasteiger partial charge in [-0.05, 0) is 36.6 Å². The van der Waals surface area contributed by atoms with E-state index in [-0.39, 0.29) is 11.5 Å². The van der Waals surface area contributed by atoms with Crippen molar-refractivity contribution in [2.75, 3.05) is 18.1 Å². The van der Waals surface area contributed by atoms with Crippen LogP contribution in [0, 0.1) is 10.1 Å². The summed E-state index contributed by atoms with van der Waals surface area (Å²) in [6.07, 6.45) is 1.28. The van der Waals surface area contributed by atoms with Gasteiger partial charge in [-0.15, -0.1) is 5.10 Å². The lowest BCUT2D eigenvalue weighted by Gasteiger charge is -2.29. The van der Waals surface area contributed by atoms with Crippen molar-refractivity contribution in [1.29, 1.82) is 0 Å². The van der Waals surface area contributed by atoms with Gasteiger partial charge in [0.25, 0.3) is 17.4 Å². The molecule has 0 spiro atoms. The first-order chi connectivity index (χ1) is 17.5. The second kappa shape index (κ2) is 9.79. The summed E-state index contributed by atoms with van der Waals surface area (Å²) in [6.45, 7) is -0.0734. The number of nitro benzene ring substituents is 1. The summed E-state index contributed by atoms with van der Waals surface area (Å²) in [7, 11) is 0. The number of ether oxygens (including phenoxy) is 1. The van der Waals surface area contributed by atoms with Gasteiger partial charge in [-0.3, -0.25) is 14.9 Å². The van der Waals surface area contributed by atoms with Crippen LogP contribution in [-0.4, -0.2) is 44.7 Å². The summed E-state index contributed by atoms with van der Waals surface area (Å²) in [5, 5.41) is 15.4. The van der Waals surface area contributed by atoms with E-state index in [1.54, 1.807) is 10.7 Å². The van der Waals surface area contributed by atoms with Crippen LogP contribution >= 0.6 is 0 Å². The zero-order chi connectivity index (χ0) is 25.1. The molecule has 10 heteroatoms. The maximum Gasteiger partial charge on any atom is 0.378 e. The number of hydrogen-bond acceptors (Lipinski definition) is 7. The number of aromatic nitrogens is 3. The lowest BCUT2D eigenvalue weighted by atomic mass is 10.0. The number of aryl methyl sites for hydroxylation is 1. The molecule has 1 aromatic heterocycles. The summed E-state index contributed by atoms with van der Waals surface area (Å²) in [5.41, 5.74) is 2.77. The number of hydrogen-bond donors (Lipinski definition) is 0. The lowest BCUT2D eigenvalue weighted by molar-refractivity contribution is -0.384. The molecule has 1 aliphatic heterocycles. The van der Waals surface area contributed by atoms with Crippen LogP contribution in [0.3, 0.4) is 0 Å². The van der Waals surface area contributed by atoms with E-state index in [9.17, 15) is 19.7 Å². The van der Waals surface area contributed by atoms with Crippen molar-refractivity contribution in [2.24, 2.45) is 0 Å².